The van der Waals surface area contributed by atoms with Gasteiger partial charge in [-0.05, 0) is 37.3 Å². The van der Waals surface area contributed by atoms with E-state index in [9.17, 15) is 4.79 Å². The summed E-state index contributed by atoms with van der Waals surface area (Å²) in [5.74, 6) is 1.36. The molecule has 0 spiro atoms. The number of aryl methyl sites for hydroxylation is 3. The first kappa shape index (κ1) is 35.0. The van der Waals surface area contributed by atoms with Crippen LogP contribution in [0, 0.1) is 6.92 Å². The molecule has 2 N–H and O–H groups in total. The Kier molecular flexibility index (Phi) is 11.8. The smallest absolute Gasteiger partial charge is 0.277 e. The van der Waals surface area contributed by atoms with Crippen molar-refractivity contribution in [3.63, 3.8) is 0 Å². The summed E-state index contributed by atoms with van der Waals surface area (Å²) in [6, 6.07) is 20.5. The van der Waals surface area contributed by atoms with Gasteiger partial charge >= 0.3 is 0 Å². The van der Waals surface area contributed by atoms with E-state index >= 15 is 0 Å². The van der Waals surface area contributed by atoms with Crippen LogP contribution < -0.4 is 44.9 Å². The summed E-state index contributed by atoms with van der Waals surface area (Å²) in [4.78, 5) is 26.3. The minimum Gasteiger partial charge on any atom is -1.00 e. The molecule has 8 nitrogen and oxygen atoms in total. The van der Waals surface area contributed by atoms with Crippen LogP contribution in [0.2, 0.25) is 10.0 Å². The van der Waals surface area contributed by atoms with Crippen molar-refractivity contribution in [1.82, 2.24) is 18.9 Å². The Morgan fingerprint density at radius 2 is 1.49 bits per heavy atom. The van der Waals surface area contributed by atoms with Crippen molar-refractivity contribution in [2.45, 2.75) is 39.3 Å². The van der Waals surface area contributed by atoms with Gasteiger partial charge in [-0.2, -0.15) is 4.98 Å². The number of ether oxygens (including phenoxy) is 1. The van der Waals surface area contributed by atoms with E-state index < -0.39 is 0 Å². The highest BCUT2D eigenvalue weighted by molar-refractivity contribution is 6.30. The number of rotatable bonds is 9. The largest absolute Gasteiger partial charge is 1.00 e. The molecule has 1 saturated heterocycles. The van der Waals surface area contributed by atoms with Gasteiger partial charge in [0.1, 0.15) is 43.6 Å². The fraction of sp³-hybridized carbons (Fsp3) is 0.364. The van der Waals surface area contributed by atoms with Gasteiger partial charge in [-0.25, -0.2) is 4.98 Å². The second-order valence-corrected chi connectivity index (χ2v) is 12.2. The van der Waals surface area contributed by atoms with Crippen LogP contribution >= 0.6 is 23.2 Å². The van der Waals surface area contributed by atoms with Crippen molar-refractivity contribution < 1.29 is 39.4 Å². The SMILES string of the molecule is CCc1nc(C)c2c(=O)n(CCC[NH+]3CC[NH+](C(c4ccc(Cl)cc4)c4ccc(Cl)cc4)CC3)c3ccc(OC)nc3n12.[Cl-].[Cl-]. The van der Waals surface area contributed by atoms with Crippen molar-refractivity contribution >= 4 is 39.9 Å². The Labute approximate surface area is 285 Å². The molecular formula is C33H38Cl4N6O2. The summed E-state index contributed by atoms with van der Waals surface area (Å²) in [6.07, 6.45) is 1.61. The second-order valence-electron chi connectivity index (χ2n) is 11.4. The Morgan fingerprint density at radius 3 is 2.04 bits per heavy atom. The van der Waals surface area contributed by atoms with Gasteiger partial charge in [0, 0.05) is 46.6 Å². The number of nitrogens with one attached hydrogen (secondary N) is 2. The molecular weight excluding hydrogens is 654 g/mol. The molecule has 5 aromatic rings. The highest BCUT2D eigenvalue weighted by Crippen LogP contribution is 2.23. The zero-order chi connectivity index (χ0) is 30.1. The number of aromatic nitrogens is 4. The minimum atomic E-state index is -0.0119. The Hall–Kier alpha value is -2.85. The van der Waals surface area contributed by atoms with Crippen LogP contribution in [0.5, 0.6) is 5.88 Å². The number of imidazole rings is 1. The Balaban J connectivity index is 0.00000230. The number of hydrogen-bond acceptors (Lipinski definition) is 4. The lowest BCUT2D eigenvalue weighted by Crippen LogP contribution is -3.28. The summed E-state index contributed by atoms with van der Waals surface area (Å²) in [7, 11) is 1.61. The summed E-state index contributed by atoms with van der Waals surface area (Å²) < 4.78 is 9.22. The third kappa shape index (κ3) is 7.12. The van der Waals surface area contributed by atoms with Gasteiger partial charge in [0.2, 0.25) is 5.88 Å². The van der Waals surface area contributed by atoms with Crippen LogP contribution in [0.4, 0.5) is 0 Å². The summed E-state index contributed by atoms with van der Waals surface area (Å²) in [6.45, 7) is 9.83. The van der Waals surface area contributed by atoms with Crippen LogP contribution in [0.15, 0.2) is 65.5 Å². The molecule has 0 atom stereocenters. The quantitative estimate of drug-likeness (QED) is 0.176. The molecule has 0 unspecified atom stereocenters. The highest BCUT2D eigenvalue weighted by Gasteiger charge is 2.32. The summed E-state index contributed by atoms with van der Waals surface area (Å²) >= 11 is 12.4. The first-order valence-electron chi connectivity index (χ1n) is 15.0. The topological polar surface area (TPSA) is 70.3 Å². The normalized spacial score (nSPS) is 16.5. The van der Waals surface area contributed by atoms with Crippen molar-refractivity contribution in [1.29, 1.82) is 0 Å². The van der Waals surface area contributed by atoms with Crippen LogP contribution in [0.25, 0.3) is 16.7 Å². The molecule has 3 aromatic heterocycles. The molecule has 6 rings (SSSR count). The number of pyridine rings is 1. The molecule has 0 saturated carbocycles. The molecule has 2 aromatic carbocycles. The number of hydrogen-bond donors (Lipinski definition) is 2. The van der Waals surface area contributed by atoms with Crippen LogP contribution in [0.3, 0.4) is 0 Å². The Bertz CT molecular complexity index is 1750. The molecule has 1 fully saturated rings. The molecule has 4 heterocycles. The Morgan fingerprint density at radius 1 is 0.889 bits per heavy atom. The highest BCUT2D eigenvalue weighted by atomic mass is 35.5. The lowest BCUT2D eigenvalue weighted by atomic mass is 9.96. The number of fused-ring (bicyclic) bond motifs is 3. The number of methoxy groups -OCH3 is 1. The van der Waals surface area contributed by atoms with Crippen molar-refractivity contribution in [2.75, 3.05) is 39.8 Å². The van der Waals surface area contributed by atoms with Gasteiger partial charge in [0.05, 0.1) is 24.9 Å². The maximum Gasteiger partial charge on any atom is 0.277 e. The molecule has 0 bridgehead atoms. The second kappa shape index (κ2) is 15.2. The van der Waals surface area contributed by atoms with E-state index in [0.29, 0.717) is 30.0 Å². The van der Waals surface area contributed by atoms with Crippen LogP contribution in [0.1, 0.15) is 42.0 Å². The lowest BCUT2D eigenvalue weighted by molar-refractivity contribution is -1.02. The maximum atomic E-state index is 13.8. The summed E-state index contributed by atoms with van der Waals surface area (Å²) in [5, 5.41) is 1.50. The fourth-order valence-corrected chi connectivity index (χ4v) is 6.85. The summed E-state index contributed by atoms with van der Waals surface area (Å²) in [5.41, 5.74) is 5.38. The molecule has 1 aliphatic heterocycles. The predicted octanol–water partition coefficient (Wildman–Crippen LogP) is -2.80. The number of quaternary nitrogens is 2. The van der Waals surface area contributed by atoms with Crippen molar-refractivity contribution in [2.24, 2.45) is 0 Å². The zero-order valence-corrected chi connectivity index (χ0v) is 28.6. The number of piperazine rings is 1. The minimum absolute atomic E-state index is 0. The van der Waals surface area contributed by atoms with E-state index in [2.05, 4.69) is 24.3 Å². The van der Waals surface area contributed by atoms with Gasteiger partial charge < -0.3 is 43.9 Å². The molecule has 1 aliphatic rings. The molecule has 240 valence electrons. The average Bonchev–Trinajstić information content (AvgIpc) is 3.37. The first-order valence-corrected chi connectivity index (χ1v) is 15.8. The van der Waals surface area contributed by atoms with Gasteiger partial charge in [0.25, 0.3) is 5.56 Å². The van der Waals surface area contributed by atoms with Gasteiger partial charge in [-0.15, -0.1) is 0 Å². The predicted molar refractivity (Wildman–Crippen MR) is 171 cm³/mol. The van der Waals surface area contributed by atoms with Crippen molar-refractivity contribution in [3.05, 3.63) is 104 Å². The number of benzene rings is 2. The van der Waals surface area contributed by atoms with Gasteiger partial charge in [-0.1, -0.05) is 54.4 Å². The van der Waals surface area contributed by atoms with E-state index in [0.717, 1.165) is 66.2 Å². The van der Waals surface area contributed by atoms with E-state index in [4.69, 9.17) is 37.9 Å². The lowest BCUT2D eigenvalue weighted by Gasteiger charge is -2.35. The molecule has 12 heteroatoms. The molecule has 0 radical (unpaired) electrons. The first-order chi connectivity index (χ1) is 20.9. The molecule has 0 aliphatic carbocycles. The third-order valence-corrected chi connectivity index (χ3v) is 9.26. The number of nitrogens with zero attached hydrogens (tertiary/aromatic N) is 4. The van der Waals surface area contributed by atoms with E-state index in [1.54, 1.807) is 16.9 Å². The average molecular weight is 693 g/mol. The van der Waals surface area contributed by atoms with Gasteiger partial charge in [0.15, 0.2) is 5.65 Å². The van der Waals surface area contributed by atoms with Crippen LogP contribution in [-0.2, 0) is 13.0 Å². The van der Waals surface area contributed by atoms with Gasteiger partial charge in [-0.3, -0.25) is 9.20 Å². The molecule has 0 amide bonds. The molecule has 45 heavy (non-hydrogen) atoms. The number of halogens is 4. The van der Waals surface area contributed by atoms with E-state index in [1.807, 2.05) is 59.2 Å². The van der Waals surface area contributed by atoms with E-state index in [1.165, 1.54) is 11.1 Å². The fourth-order valence-electron chi connectivity index (χ4n) is 6.60. The van der Waals surface area contributed by atoms with E-state index in [-0.39, 0.29) is 36.4 Å². The van der Waals surface area contributed by atoms with Crippen molar-refractivity contribution in [3.8, 4) is 5.88 Å². The van der Waals surface area contributed by atoms with Crippen LogP contribution in [-0.4, -0.2) is 58.8 Å². The third-order valence-electron chi connectivity index (χ3n) is 8.75. The monoisotopic (exact) mass is 690 g/mol. The zero-order valence-electron chi connectivity index (χ0n) is 25.6. The maximum absolute atomic E-state index is 13.8. The standard InChI is InChI=1S/C33H36Cl2N6O2.2ClH/c1-4-28-36-22(2)30-33(42)40(27-14-15-29(43-3)37-32(27)41(28)30)17-5-16-38-18-20-39(21-19-38)31(23-6-10-25(34)11-7-23)24-8-12-26(35)13-9-24;;/h6-15,31H,4-5,16-21H2,1-3H3;2*1H.